The Morgan fingerprint density at radius 3 is 2.94 bits per heavy atom. The molecule has 1 unspecified atom stereocenters. The van der Waals surface area contributed by atoms with Gasteiger partial charge in [-0.2, -0.15) is 5.26 Å². The molecular formula is C13H17N3O. The molecule has 1 heterocycles. The van der Waals surface area contributed by atoms with Crippen molar-refractivity contribution in [1.29, 1.82) is 5.26 Å². The number of rotatable bonds is 3. The lowest BCUT2D eigenvalue weighted by Gasteiger charge is -2.20. The van der Waals surface area contributed by atoms with Gasteiger partial charge in [0, 0.05) is 32.2 Å². The maximum Gasteiger partial charge on any atom is 0.101 e. The molecule has 1 fully saturated rings. The van der Waals surface area contributed by atoms with Crippen molar-refractivity contribution in [2.45, 2.75) is 13.0 Å². The third-order valence-electron chi connectivity index (χ3n) is 3.30. The summed E-state index contributed by atoms with van der Waals surface area (Å²) >= 11 is 0. The monoisotopic (exact) mass is 231 g/mol. The molecule has 1 aromatic rings. The first kappa shape index (κ1) is 11.9. The molecule has 1 aromatic carbocycles. The molecule has 0 bridgehead atoms. The van der Waals surface area contributed by atoms with Crippen LogP contribution in [0.25, 0.3) is 0 Å². The quantitative estimate of drug-likeness (QED) is 0.808. The zero-order valence-electron chi connectivity index (χ0n) is 9.76. The van der Waals surface area contributed by atoms with Crippen molar-refractivity contribution in [3.05, 3.63) is 29.3 Å². The lowest BCUT2D eigenvalue weighted by molar-refractivity contribution is 0.238. The van der Waals surface area contributed by atoms with Gasteiger partial charge in [0.1, 0.15) is 6.07 Å². The summed E-state index contributed by atoms with van der Waals surface area (Å²) in [5.74, 6) is 0.329. The Labute approximate surface area is 101 Å². The van der Waals surface area contributed by atoms with Gasteiger partial charge in [0.05, 0.1) is 11.3 Å². The van der Waals surface area contributed by atoms with Gasteiger partial charge >= 0.3 is 0 Å². The van der Waals surface area contributed by atoms with Gasteiger partial charge in [-0.1, -0.05) is 6.07 Å². The summed E-state index contributed by atoms with van der Waals surface area (Å²) in [6.07, 6.45) is 0.986. The molecule has 1 atom stereocenters. The van der Waals surface area contributed by atoms with Gasteiger partial charge < -0.3 is 15.7 Å². The first-order valence-corrected chi connectivity index (χ1v) is 5.87. The van der Waals surface area contributed by atoms with Gasteiger partial charge in [0.15, 0.2) is 0 Å². The number of hydrogen-bond donors (Lipinski definition) is 2. The molecule has 17 heavy (non-hydrogen) atoms. The van der Waals surface area contributed by atoms with Crippen LogP contribution in [0.15, 0.2) is 18.2 Å². The number of aliphatic hydroxyl groups is 1. The second kappa shape index (κ2) is 5.17. The number of nitrogens with two attached hydrogens (primary N) is 1. The van der Waals surface area contributed by atoms with Crippen LogP contribution in [0.5, 0.6) is 0 Å². The fourth-order valence-corrected chi connectivity index (χ4v) is 2.28. The van der Waals surface area contributed by atoms with E-state index in [1.54, 1.807) is 0 Å². The van der Waals surface area contributed by atoms with Gasteiger partial charge in [-0.15, -0.1) is 0 Å². The second-order valence-electron chi connectivity index (χ2n) is 4.45. The zero-order chi connectivity index (χ0) is 12.3. The third-order valence-corrected chi connectivity index (χ3v) is 3.30. The Morgan fingerprint density at radius 1 is 1.53 bits per heavy atom. The van der Waals surface area contributed by atoms with E-state index in [1.165, 1.54) is 0 Å². The summed E-state index contributed by atoms with van der Waals surface area (Å²) in [7, 11) is 0. The van der Waals surface area contributed by atoms with E-state index in [9.17, 15) is 0 Å². The van der Waals surface area contributed by atoms with Crippen LogP contribution in [0.1, 0.15) is 17.5 Å². The Balaban J connectivity index is 2.24. The van der Waals surface area contributed by atoms with Crippen LogP contribution in [-0.4, -0.2) is 24.8 Å². The summed E-state index contributed by atoms with van der Waals surface area (Å²) in [6, 6.07) is 7.99. The Morgan fingerprint density at radius 2 is 2.35 bits per heavy atom. The highest BCUT2D eigenvalue weighted by atomic mass is 16.3. The van der Waals surface area contributed by atoms with E-state index in [1.807, 2.05) is 18.2 Å². The molecule has 0 aromatic heterocycles. The Bertz CT molecular complexity index is 439. The molecule has 0 radical (unpaired) electrons. The molecule has 4 nitrogen and oxygen atoms in total. The van der Waals surface area contributed by atoms with Crippen molar-refractivity contribution < 1.29 is 5.11 Å². The Kier molecular flexibility index (Phi) is 3.62. The first-order chi connectivity index (χ1) is 8.28. The van der Waals surface area contributed by atoms with E-state index < -0.39 is 0 Å². The predicted octanol–water partition coefficient (Wildman–Crippen LogP) is 0.836. The Hall–Kier alpha value is -1.57. The maximum absolute atomic E-state index is 9.15. The molecule has 0 aliphatic carbocycles. The van der Waals surface area contributed by atoms with Crippen LogP contribution in [0, 0.1) is 17.2 Å². The number of aliphatic hydroxyl groups excluding tert-OH is 1. The molecule has 0 saturated carbocycles. The van der Waals surface area contributed by atoms with Gasteiger partial charge in [0.25, 0.3) is 0 Å². The van der Waals surface area contributed by atoms with Gasteiger partial charge in [0.2, 0.25) is 0 Å². The fourth-order valence-electron chi connectivity index (χ4n) is 2.28. The first-order valence-electron chi connectivity index (χ1n) is 5.87. The van der Waals surface area contributed by atoms with E-state index in [0.717, 1.165) is 30.8 Å². The van der Waals surface area contributed by atoms with Crippen LogP contribution < -0.4 is 10.6 Å². The highest BCUT2D eigenvalue weighted by Gasteiger charge is 2.23. The van der Waals surface area contributed by atoms with Crippen molar-refractivity contribution >= 4 is 5.69 Å². The van der Waals surface area contributed by atoms with Gasteiger partial charge in [-0.05, 0) is 24.1 Å². The molecule has 0 spiro atoms. The van der Waals surface area contributed by atoms with Crippen molar-refractivity contribution in [2.24, 2.45) is 11.7 Å². The highest BCUT2D eigenvalue weighted by Crippen LogP contribution is 2.27. The van der Waals surface area contributed by atoms with Gasteiger partial charge in [-0.25, -0.2) is 0 Å². The number of nitrogens with zero attached hydrogens (tertiary/aromatic N) is 2. The predicted molar refractivity (Wildman–Crippen MR) is 66.5 cm³/mol. The SMILES string of the molecule is N#Cc1cc(CN)ccc1N1CCC(CO)C1. The molecule has 1 saturated heterocycles. The lowest BCUT2D eigenvalue weighted by atomic mass is 10.1. The summed E-state index contributed by atoms with van der Waals surface area (Å²) in [6.45, 7) is 2.41. The molecule has 4 heteroatoms. The van der Waals surface area contributed by atoms with Crippen molar-refractivity contribution in [2.75, 3.05) is 24.6 Å². The second-order valence-corrected chi connectivity index (χ2v) is 4.45. The van der Waals surface area contributed by atoms with Gasteiger partial charge in [-0.3, -0.25) is 0 Å². The van der Waals surface area contributed by atoms with Crippen LogP contribution in [0.3, 0.4) is 0 Å². The van der Waals surface area contributed by atoms with Crippen LogP contribution >= 0.6 is 0 Å². The van der Waals surface area contributed by atoms with Crippen molar-refractivity contribution in [3.8, 4) is 6.07 Å². The number of anilines is 1. The molecule has 3 N–H and O–H groups in total. The van der Waals surface area contributed by atoms with E-state index in [2.05, 4.69) is 11.0 Å². The minimum Gasteiger partial charge on any atom is -0.396 e. The average Bonchev–Trinajstić information content (AvgIpc) is 2.86. The average molecular weight is 231 g/mol. The number of hydrogen-bond acceptors (Lipinski definition) is 4. The zero-order valence-corrected chi connectivity index (χ0v) is 9.76. The van der Waals surface area contributed by atoms with E-state index >= 15 is 0 Å². The van der Waals surface area contributed by atoms with E-state index in [0.29, 0.717) is 18.0 Å². The number of benzene rings is 1. The summed E-state index contributed by atoms with van der Waals surface area (Å²) in [4.78, 5) is 2.17. The molecule has 0 amide bonds. The van der Waals surface area contributed by atoms with Crippen molar-refractivity contribution in [3.63, 3.8) is 0 Å². The summed E-state index contributed by atoms with van der Waals surface area (Å²) in [5, 5.41) is 18.3. The summed E-state index contributed by atoms with van der Waals surface area (Å²) < 4.78 is 0. The summed E-state index contributed by atoms with van der Waals surface area (Å²) in [5.41, 5.74) is 8.17. The van der Waals surface area contributed by atoms with Crippen molar-refractivity contribution in [1.82, 2.24) is 0 Å². The highest BCUT2D eigenvalue weighted by molar-refractivity contribution is 5.61. The third kappa shape index (κ3) is 2.41. The van der Waals surface area contributed by atoms with Crippen LogP contribution in [0.4, 0.5) is 5.69 Å². The van der Waals surface area contributed by atoms with Crippen LogP contribution in [0.2, 0.25) is 0 Å². The van der Waals surface area contributed by atoms with E-state index in [4.69, 9.17) is 16.1 Å². The molecule has 90 valence electrons. The fraction of sp³-hybridized carbons (Fsp3) is 0.462. The topological polar surface area (TPSA) is 73.3 Å². The van der Waals surface area contributed by atoms with Crippen LogP contribution in [-0.2, 0) is 6.54 Å². The van der Waals surface area contributed by atoms with E-state index in [-0.39, 0.29) is 6.61 Å². The minimum atomic E-state index is 0.221. The number of nitriles is 1. The molecule has 1 aliphatic rings. The smallest absolute Gasteiger partial charge is 0.101 e. The molecule has 1 aliphatic heterocycles. The molecular weight excluding hydrogens is 214 g/mol. The largest absolute Gasteiger partial charge is 0.396 e. The lowest BCUT2D eigenvalue weighted by Crippen LogP contribution is -2.21. The maximum atomic E-state index is 9.15. The minimum absolute atomic E-state index is 0.221. The standard InChI is InChI=1S/C13H17N3O/c14-6-10-1-2-13(12(5-10)7-15)16-4-3-11(8-16)9-17/h1-2,5,11,17H,3-4,6,8-9,14H2. The molecule has 2 rings (SSSR count). The normalized spacial score (nSPS) is 19.4.